The number of β-amino-alcohol motifs (C(OH)–C–C–N with tert-alkyl or cyclic N) is 1. The molecule has 1 N–H and O–H groups in total. The summed E-state index contributed by atoms with van der Waals surface area (Å²) in [6, 6.07) is 0. The first-order valence-electron chi connectivity index (χ1n) is 5.21. The van der Waals surface area contributed by atoms with E-state index < -0.39 is 6.10 Å². The second kappa shape index (κ2) is 3.66. The van der Waals surface area contributed by atoms with Crippen LogP contribution in [0.3, 0.4) is 0 Å². The molecule has 3 heteroatoms. The van der Waals surface area contributed by atoms with Gasteiger partial charge in [0.25, 0.3) is 0 Å². The smallest absolute Gasteiger partial charge is 0.225 e. The summed E-state index contributed by atoms with van der Waals surface area (Å²) in [6.45, 7) is 1.42. The van der Waals surface area contributed by atoms with Crippen molar-refractivity contribution in [1.82, 2.24) is 4.90 Å². The van der Waals surface area contributed by atoms with Crippen LogP contribution < -0.4 is 0 Å². The van der Waals surface area contributed by atoms with E-state index in [1.54, 1.807) is 0 Å². The molecule has 0 aromatic rings. The first-order chi connectivity index (χ1) is 6.25. The van der Waals surface area contributed by atoms with Gasteiger partial charge in [0, 0.05) is 13.1 Å². The van der Waals surface area contributed by atoms with Crippen LogP contribution in [0.2, 0.25) is 0 Å². The molecule has 0 bridgehead atoms. The van der Waals surface area contributed by atoms with E-state index in [-0.39, 0.29) is 5.91 Å². The Hall–Kier alpha value is -0.570. The first kappa shape index (κ1) is 9.00. The van der Waals surface area contributed by atoms with Crippen molar-refractivity contribution in [3.05, 3.63) is 0 Å². The lowest BCUT2D eigenvalue weighted by atomic mass is 9.83. The molecule has 1 aliphatic carbocycles. The van der Waals surface area contributed by atoms with E-state index in [2.05, 4.69) is 0 Å². The SMILES string of the molecule is O=C1CC(O)CN1CCC1CCC1. The molecule has 13 heavy (non-hydrogen) atoms. The highest BCUT2D eigenvalue weighted by atomic mass is 16.3. The summed E-state index contributed by atoms with van der Waals surface area (Å²) >= 11 is 0. The van der Waals surface area contributed by atoms with Crippen LogP contribution in [0.25, 0.3) is 0 Å². The Bertz CT molecular complexity index is 201. The molecule has 1 aliphatic heterocycles. The van der Waals surface area contributed by atoms with Crippen molar-refractivity contribution >= 4 is 5.91 Å². The van der Waals surface area contributed by atoms with E-state index in [0.717, 1.165) is 18.9 Å². The molecule has 0 spiro atoms. The molecule has 1 unspecified atom stereocenters. The normalized spacial score (nSPS) is 29.5. The fourth-order valence-electron chi connectivity index (χ4n) is 2.09. The predicted molar refractivity (Wildman–Crippen MR) is 49.2 cm³/mol. The van der Waals surface area contributed by atoms with Crippen molar-refractivity contribution < 1.29 is 9.90 Å². The molecule has 1 heterocycles. The largest absolute Gasteiger partial charge is 0.391 e. The van der Waals surface area contributed by atoms with Gasteiger partial charge in [-0.1, -0.05) is 19.3 Å². The molecule has 1 saturated carbocycles. The van der Waals surface area contributed by atoms with Gasteiger partial charge in [-0.3, -0.25) is 4.79 Å². The van der Waals surface area contributed by atoms with Crippen LogP contribution in [0, 0.1) is 5.92 Å². The van der Waals surface area contributed by atoms with Gasteiger partial charge in [0.2, 0.25) is 5.91 Å². The van der Waals surface area contributed by atoms with Crippen molar-refractivity contribution in [3.8, 4) is 0 Å². The molecule has 2 fully saturated rings. The third-order valence-electron chi connectivity index (χ3n) is 3.23. The van der Waals surface area contributed by atoms with Crippen molar-refractivity contribution in [1.29, 1.82) is 0 Å². The average Bonchev–Trinajstić information content (AvgIpc) is 2.27. The Labute approximate surface area is 78.7 Å². The maximum Gasteiger partial charge on any atom is 0.225 e. The van der Waals surface area contributed by atoms with Gasteiger partial charge >= 0.3 is 0 Å². The molecule has 0 aromatic heterocycles. The molecule has 1 amide bonds. The zero-order chi connectivity index (χ0) is 9.26. The van der Waals surface area contributed by atoms with Crippen LogP contribution in [0.1, 0.15) is 32.1 Å². The van der Waals surface area contributed by atoms with Crippen LogP contribution in [0.5, 0.6) is 0 Å². The van der Waals surface area contributed by atoms with E-state index in [1.165, 1.54) is 19.3 Å². The minimum atomic E-state index is -0.408. The third kappa shape index (κ3) is 2.02. The summed E-state index contributed by atoms with van der Waals surface area (Å²) in [7, 11) is 0. The minimum Gasteiger partial charge on any atom is -0.391 e. The van der Waals surface area contributed by atoms with Crippen molar-refractivity contribution in [2.24, 2.45) is 5.92 Å². The number of rotatable bonds is 3. The number of aliphatic hydroxyl groups excluding tert-OH is 1. The van der Waals surface area contributed by atoms with E-state index >= 15 is 0 Å². The number of carbonyl (C=O) groups excluding carboxylic acids is 1. The van der Waals surface area contributed by atoms with Gasteiger partial charge in [-0.15, -0.1) is 0 Å². The highest BCUT2D eigenvalue weighted by Crippen LogP contribution is 2.29. The van der Waals surface area contributed by atoms with Gasteiger partial charge in [0.15, 0.2) is 0 Å². The number of nitrogens with zero attached hydrogens (tertiary/aromatic N) is 1. The lowest BCUT2D eigenvalue weighted by Gasteiger charge is -2.27. The number of hydrogen-bond acceptors (Lipinski definition) is 2. The second-order valence-electron chi connectivity index (χ2n) is 4.28. The van der Waals surface area contributed by atoms with E-state index in [9.17, 15) is 9.90 Å². The Morgan fingerprint density at radius 3 is 2.69 bits per heavy atom. The summed E-state index contributed by atoms with van der Waals surface area (Å²) in [5.74, 6) is 0.984. The molecule has 2 aliphatic rings. The minimum absolute atomic E-state index is 0.131. The monoisotopic (exact) mass is 183 g/mol. The Morgan fingerprint density at radius 2 is 2.23 bits per heavy atom. The average molecular weight is 183 g/mol. The van der Waals surface area contributed by atoms with Gasteiger partial charge in [-0.05, 0) is 12.3 Å². The fourth-order valence-corrected chi connectivity index (χ4v) is 2.09. The molecule has 74 valence electrons. The van der Waals surface area contributed by atoms with Crippen LogP contribution in [-0.4, -0.2) is 35.1 Å². The van der Waals surface area contributed by atoms with Crippen LogP contribution in [0.15, 0.2) is 0 Å². The standard InChI is InChI=1S/C10H17NO2/c12-9-6-10(13)11(7-9)5-4-8-2-1-3-8/h8-9,12H,1-7H2. The quantitative estimate of drug-likeness (QED) is 0.702. The highest BCUT2D eigenvalue weighted by Gasteiger charge is 2.28. The van der Waals surface area contributed by atoms with Crippen molar-refractivity contribution in [2.45, 2.75) is 38.2 Å². The predicted octanol–water partition coefficient (Wildman–Crippen LogP) is 0.770. The Morgan fingerprint density at radius 1 is 1.46 bits per heavy atom. The number of hydrogen-bond donors (Lipinski definition) is 1. The molecule has 1 saturated heterocycles. The summed E-state index contributed by atoms with van der Waals surface area (Å²) in [5.41, 5.74) is 0. The lowest BCUT2D eigenvalue weighted by molar-refractivity contribution is -0.128. The zero-order valence-electron chi connectivity index (χ0n) is 7.91. The summed E-state index contributed by atoms with van der Waals surface area (Å²) in [4.78, 5) is 13.1. The number of carbonyl (C=O) groups is 1. The van der Waals surface area contributed by atoms with Gasteiger partial charge in [0.05, 0.1) is 12.5 Å². The Balaban J connectivity index is 1.71. The van der Waals surface area contributed by atoms with E-state index in [4.69, 9.17) is 0 Å². The van der Waals surface area contributed by atoms with Gasteiger partial charge in [0.1, 0.15) is 0 Å². The van der Waals surface area contributed by atoms with E-state index in [1.807, 2.05) is 4.90 Å². The lowest BCUT2D eigenvalue weighted by Crippen LogP contribution is -2.29. The summed E-state index contributed by atoms with van der Waals surface area (Å²) < 4.78 is 0. The zero-order valence-corrected chi connectivity index (χ0v) is 7.91. The molecule has 0 radical (unpaired) electrons. The van der Waals surface area contributed by atoms with Gasteiger partial charge < -0.3 is 10.0 Å². The van der Waals surface area contributed by atoms with Gasteiger partial charge in [-0.25, -0.2) is 0 Å². The molecule has 0 aromatic carbocycles. The van der Waals surface area contributed by atoms with Crippen LogP contribution in [0.4, 0.5) is 0 Å². The maximum atomic E-state index is 11.3. The fraction of sp³-hybridized carbons (Fsp3) is 0.900. The third-order valence-corrected chi connectivity index (χ3v) is 3.23. The van der Waals surface area contributed by atoms with Crippen molar-refractivity contribution in [2.75, 3.05) is 13.1 Å². The van der Waals surface area contributed by atoms with E-state index in [0.29, 0.717) is 13.0 Å². The first-order valence-corrected chi connectivity index (χ1v) is 5.21. The molecular weight excluding hydrogens is 166 g/mol. The summed E-state index contributed by atoms with van der Waals surface area (Å²) in [5, 5.41) is 9.24. The van der Waals surface area contributed by atoms with Crippen LogP contribution >= 0.6 is 0 Å². The highest BCUT2D eigenvalue weighted by molar-refractivity contribution is 5.78. The topological polar surface area (TPSA) is 40.5 Å². The van der Waals surface area contributed by atoms with Gasteiger partial charge in [-0.2, -0.15) is 0 Å². The van der Waals surface area contributed by atoms with Crippen LogP contribution in [-0.2, 0) is 4.79 Å². The molecule has 2 rings (SSSR count). The molecular formula is C10H17NO2. The molecule has 1 atom stereocenters. The second-order valence-corrected chi connectivity index (χ2v) is 4.28. The van der Waals surface area contributed by atoms with Crippen molar-refractivity contribution in [3.63, 3.8) is 0 Å². The maximum absolute atomic E-state index is 11.3. The number of aliphatic hydroxyl groups is 1. The number of amides is 1. The Kier molecular flexibility index (Phi) is 2.54. The molecule has 3 nitrogen and oxygen atoms in total. The summed E-state index contributed by atoms with van der Waals surface area (Å²) in [6.07, 6.45) is 5.10. The number of likely N-dealkylation sites (tertiary alicyclic amines) is 1.